The van der Waals surface area contributed by atoms with Crippen LogP contribution in [0.4, 0.5) is 4.79 Å². The average Bonchev–Trinajstić information content (AvgIpc) is 3.13. The van der Waals surface area contributed by atoms with E-state index in [0.29, 0.717) is 32.7 Å². The Kier molecular flexibility index (Phi) is 3.58. The lowest BCUT2D eigenvalue weighted by molar-refractivity contribution is 0.173. The molecule has 1 heterocycles. The van der Waals surface area contributed by atoms with Gasteiger partial charge in [0.15, 0.2) is 0 Å². The number of amides is 2. The lowest BCUT2D eigenvalue weighted by Gasteiger charge is -2.33. The summed E-state index contributed by atoms with van der Waals surface area (Å²) in [5, 5.41) is 2.57. The summed E-state index contributed by atoms with van der Waals surface area (Å²) >= 11 is 0. The van der Waals surface area contributed by atoms with Gasteiger partial charge in [0, 0.05) is 32.7 Å². The van der Waals surface area contributed by atoms with E-state index in [2.05, 4.69) is 5.32 Å². The Morgan fingerprint density at radius 1 is 1.24 bits per heavy atom. The molecule has 98 valence electrons. The predicted octanol–water partition coefficient (Wildman–Crippen LogP) is -0.174. The van der Waals surface area contributed by atoms with Crippen molar-refractivity contribution >= 4 is 16.1 Å². The summed E-state index contributed by atoms with van der Waals surface area (Å²) in [4.78, 5) is 13.2. The maximum absolute atomic E-state index is 12.0. The molecule has 17 heavy (non-hydrogen) atoms. The number of hydrogen-bond acceptors (Lipinski definition) is 3. The molecule has 7 heteroatoms. The zero-order chi connectivity index (χ0) is 12.5. The van der Waals surface area contributed by atoms with Gasteiger partial charge >= 0.3 is 6.03 Å². The quantitative estimate of drug-likeness (QED) is 0.766. The van der Waals surface area contributed by atoms with Gasteiger partial charge in [0.2, 0.25) is 10.0 Å². The van der Waals surface area contributed by atoms with E-state index in [0.717, 1.165) is 12.8 Å². The molecule has 1 aliphatic carbocycles. The number of carbonyl (C=O) groups excluding carboxylic acids is 1. The van der Waals surface area contributed by atoms with Gasteiger partial charge in [-0.05, 0) is 19.8 Å². The second kappa shape index (κ2) is 4.81. The minimum Gasteiger partial charge on any atom is -0.338 e. The Hall–Kier alpha value is -0.820. The number of nitrogens with one attached hydrogen (secondary N) is 1. The fourth-order valence-corrected chi connectivity index (χ4v) is 3.81. The SMILES string of the molecule is CCNC(=O)N1CCN(S(=O)(=O)C2CC2)CC1. The van der Waals surface area contributed by atoms with Crippen LogP contribution in [0.25, 0.3) is 0 Å². The van der Waals surface area contributed by atoms with Crippen molar-refractivity contribution in [3.05, 3.63) is 0 Å². The van der Waals surface area contributed by atoms with Crippen LogP contribution in [0.2, 0.25) is 0 Å². The minimum atomic E-state index is -3.08. The molecule has 0 aromatic rings. The van der Waals surface area contributed by atoms with Crippen molar-refractivity contribution in [1.29, 1.82) is 0 Å². The maximum atomic E-state index is 12.0. The van der Waals surface area contributed by atoms with E-state index in [1.165, 1.54) is 4.31 Å². The van der Waals surface area contributed by atoms with Crippen LogP contribution in [0.15, 0.2) is 0 Å². The van der Waals surface area contributed by atoms with Crippen LogP contribution in [0, 0.1) is 0 Å². The topological polar surface area (TPSA) is 69.7 Å². The van der Waals surface area contributed by atoms with Gasteiger partial charge < -0.3 is 10.2 Å². The van der Waals surface area contributed by atoms with Crippen LogP contribution in [0.5, 0.6) is 0 Å². The molecule has 0 aromatic heterocycles. The molecule has 0 spiro atoms. The first-order valence-corrected chi connectivity index (χ1v) is 7.57. The maximum Gasteiger partial charge on any atom is 0.317 e. The monoisotopic (exact) mass is 261 g/mol. The highest BCUT2D eigenvalue weighted by atomic mass is 32.2. The normalized spacial score (nSPS) is 22.5. The number of urea groups is 1. The third-order valence-electron chi connectivity index (χ3n) is 3.16. The van der Waals surface area contributed by atoms with Crippen LogP contribution >= 0.6 is 0 Å². The minimum absolute atomic E-state index is 0.101. The predicted molar refractivity (Wildman–Crippen MR) is 64.2 cm³/mol. The molecule has 1 saturated carbocycles. The highest BCUT2D eigenvalue weighted by molar-refractivity contribution is 7.90. The van der Waals surface area contributed by atoms with E-state index in [4.69, 9.17) is 0 Å². The van der Waals surface area contributed by atoms with Gasteiger partial charge in [-0.25, -0.2) is 13.2 Å². The van der Waals surface area contributed by atoms with Crippen molar-refractivity contribution in [3.8, 4) is 0 Å². The molecule has 2 rings (SSSR count). The summed E-state index contributed by atoms with van der Waals surface area (Å²) in [6.07, 6.45) is 1.58. The van der Waals surface area contributed by atoms with Crippen molar-refractivity contribution < 1.29 is 13.2 Å². The molecule has 2 fully saturated rings. The Morgan fingerprint density at radius 3 is 2.29 bits per heavy atom. The van der Waals surface area contributed by atoms with Crippen LogP contribution < -0.4 is 5.32 Å². The van der Waals surface area contributed by atoms with E-state index in [9.17, 15) is 13.2 Å². The summed E-state index contributed by atoms with van der Waals surface area (Å²) in [7, 11) is -3.08. The molecular weight excluding hydrogens is 242 g/mol. The second-order valence-corrected chi connectivity index (χ2v) is 6.68. The van der Waals surface area contributed by atoms with Crippen molar-refractivity contribution in [2.75, 3.05) is 32.7 Å². The summed E-state index contributed by atoms with van der Waals surface area (Å²) in [5.74, 6) is 0. The van der Waals surface area contributed by atoms with E-state index >= 15 is 0 Å². The molecule has 1 saturated heterocycles. The summed E-state index contributed by atoms with van der Waals surface area (Å²) < 4.78 is 25.4. The van der Waals surface area contributed by atoms with E-state index in [-0.39, 0.29) is 11.3 Å². The smallest absolute Gasteiger partial charge is 0.317 e. The van der Waals surface area contributed by atoms with E-state index < -0.39 is 10.0 Å². The van der Waals surface area contributed by atoms with Crippen LogP contribution in [0.3, 0.4) is 0 Å². The molecule has 0 aromatic carbocycles. The third kappa shape index (κ3) is 2.71. The first-order chi connectivity index (χ1) is 8.05. The molecule has 1 aliphatic heterocycles. The standard InChI is InChI=1S/C10H19N3O3S/c1-2-11-10(14)12-5-7-13(8-6-12)17(15,16)9-3-4-9/h9H,2-8H2,1H3,(H,11,14). The number of rotatable bonds is 3. The lowest BCUT2D eigenvalue weighted by atomic mass is 10.4. The Morgan fingerprint density at radius 2 is 1.82 bits per heavy atom. The fourth-order valence-electron chi connectivity index (χ4n) is 1.99. The highest BCUT2D eigenvalue weighted by Gasteiger charge is 2.41. The van der Waals surface area contributed by atoms with Crippen molar-refractivity contribution in [3.63, 3.8) is 0 Å². The average molecular weight is 261 g/mol. The van der Waals surface area contributed by atoms with Gasteiger partial charge in [0.1, 0.15) is 0 Å². The number of hydrogen-bond donors (Lipinski definition) is 1. The molecule has 0 atom stereocenters. The Balaban J connectivity index is 1.87. The zero-order valence-electron chi connectivity index (χ0n) is 10.1. The molecule has 6 nitrogen and oxygen atoms in total. The molecule has 2 aliphatic rings. The lowest BCUT2D eigenvalue weighted by Crippen LogP contribution is -2.53. The van der Waals surface area contributed by atoms with Crippen molar-refractivity contribution in [2.45, 2.75) is 25.0 Å². The molecule has 2 amide bonds. The van der Waals surface area contributed by atoms with Gasteiger partial charge in [0.25, 0.3) is 0 Å². The summed E-state index contributed by atoms with van der Waals surface area (Å²) in [6.45, 7) is 4.28. The van der Waals surface area contributed by atoms with Crippen molar-refractivity contribution in [2.24, 2.45) is 0 Å². The third-order valence-corrected chi connectivity index (χ3v) is 5.56. The van der Waals surface area contributed by atoms with Crippen LogP contribution in [-0.4, -0.2) is 61.6 Å². The number of piperazine rings is 1. The first-order valence-electron chi connectivity index (χ1n) is 6.07. The molecule has 0 radical (unpaired) electrons. The first kappa shape index (κ1) is 12.6. The summed E-state index contributed by atoms with van der Waals surface area (Å²) in [6, 6.07) is -0.101. The van der Waals surface area contributed by atoms with Gasteiger partial charge in [-0.1, -0.05) is 0 Å². The second-order valence-electron chi connectivity index (χ2n) is 4.47. The van der Waals surface area contributed by atoms with Gasteiger partial charge in [-0.3, -0.25) is 0 Å². The number of nitrogens with zero attached hydrogens (tertiary/aromatic N) is 2. The molecular formula is C10H19N3O3S. The summed E-state index contributed by atoms with van der Waals surface area (Å²) in [5.41, 5.74) is 0. The highest BCUT2D eigenvalue weighted by Crippen LogP contribution is 2.31. The van der Waals surface area contributed by atoms with Gasteiger partial charge in [-0.2, -0.15) is 4.31 Å². The molecule has 1 N–H and O–H groups in total. The number of carbonyl (C=O) groups is 1. The molecule has 0 bridgehead atoms. The van der Waals surface area contributed by atoms with E-state index in [1.807, 2.05) is 6.92 Å². The zero-order valence-corrected chi connectivity index (χ0v) is 10.9. The molecule has 0 unspecified atom stereocenters. The van der Waals surface area contributed by atoms with Crippen LogP contribution in [0.1, 0.15) is 19.8 Å². The van der Waals surface area contributed by atoms with E-state index in [1.54, 1.807) is 4.90 Å². The van der Waals surface area contributed by atoms with Crippen molar-refractivity contribution in [1.82, 2.24) is 14.5 Å². The number of sulfonamides is 1. The van der Waals surface area contributed by atoms with Gasteiger partial charge in [-0.15, -0.1) is 0 Å². The Labute approximate surface area is 102 Å². The fraction of sp³-hybridized carbons (Fsp3) is 0.900. The van der Waals surface area contributed by atoms with Gasteiger partial charge in [0.05, 0.1) is 5.25 Å². The Bertz CT molecular complexity index is 384. The van der Waals surface area contributed by atoms with Crippen LogP contribution in [-0.2, 0) is 10.0 Å². The largest absolute Gasteiger partial charge is 0.338 e.